The highest BCUT2D eigenvalue weighted by atomic mass is 15.5. The summed E-state index contributed by atoms with van der Waals surface area (Å²) >= 11 is 0. The second kappa shape index (κ2) is 4.04. The van der Waals surface area contributed by atoms with Gasteiger partial charge >= 0.3 is 0 Å². The van der Waals surface area contributed by atoms with E-state index in [4.69, 9.17) is 0 Å². The molecule has 0 saturated heterocycles. The van der Waals surface area contributed by atoms with Crippen molar-refractivity contribution in [3.8, 4) is 0 Å². The van der Waals surface area contributed by atoms with Gasteiger partial charge in [0, 0.05) is 57.5 Å². The van der Waals surface area contributed by atoms with Gasteiger partial charge in [-0.3, -0.25) is 10.0 Å². The summed E-state index contributed by atoms with van der Waals surface area (Å²) in [6.07, 6.45) is 5.22. The molecule has 0 saturated carbocycles. The van der Waals surface area contributed by atoms with Crippen LogP contribution in [-0.4, -0.2) is 42.1 Å². The van der Waals surface area contributed by atoms with Crippen molar-refractivity contribution in [3.05, 3.63) is 11.8 Å². The van der Waals surface area contributed by atoms with E-state index in [0.717, 1.165) is 25.8 Å². The van der Waals surface area contributed by atoms with Crippen LogP contribution < -0.4 is 0 Å². The van der Waals surface area contributed by atoms with Crippen LogP contribution in [0.1, 0.15) is 26.2 Å². The lowest BCUT2D eigenvalue weighted by atomic mass is 10.0. The summed E-state index contributed by atoms with van der Waals surface area (Å²) in [5, 5.41) is 12.7. The molecule has 0 aromatic carbocycles. The lowest BCUT2D eigenvalue weighted by Crippen LogP contribution is -2.15. The van der Waals surface area contributed by atoms with Crippen LogP contribution in [0.2, 0.25) is 0 Å². The van der Waals surface area contributed by atoms with Crippen molar-refractivity contribution in [3.63, 3.8) is 0 Å². The molecule has 0 bridgehead atoms. The van der Waals surface area contributed by atoms with Gasteiger partial charge < -0.3 is 0 Å². The van der Waals surface area contributed by atoms with Crippen LogP contribution in [0.5, 0.6) is 0 Å². The van der Waals surface area contributed by atoms with E-state index < -0.39 is 0 Å². The maximum Gasteiger partial charge on any atom is 0.0440 e. The Labute approximate surface area is 90.9 Å². The van der Waals surface area contributed by atoms with E-state index in [0.29, 0.717) is 0 Å². The molecule has 15 heavy (non-hydrogen) atoms. The molecule has 0 atom stereocenters. The van der Waals surface area contributed by atoms with Gasteiger partial charge in [-0.25, -0.2) is 0 Å². The monoisotopic (exact) mass is 206 g/mol. The quantitative estimate of drug-likeness (QED) is 0.688. The Bertz CT molecular complexity index is 340. The van der Waals surface area contributed by atoms with E-state index >= 15 is 0 Å². The Kier molecular flexibility index (Phi) is 2.75. The first-order chi connectivity index (χ1) is 7.13. The van der Waals surface area contributed by atoms with Crippen LogP contribution in [0.15, 0.2) is 22.0 Å². The summed E-state index contributed by atoms with van der Waals surface area (Å²) in [4.78, 5) is 0. The molecule has 0 aromatic rings. The van der Waals surface area contributed by atoms with Gasteiger partial charge in [0.1, 0.15) is 0 Å². The number of hydrazone groups is 2. The number of rotatable bonds is 2. The predicted octanol–water partition coefficient (Wildman–Crippen LogP) is 1.66. The molecule has 2 rings (SSSR count). The van der Waals surface area contributed by atoms with Crippen molar-refractivity contribution in [1.82, 2.24) is 10.0 Å². The smallest absolute Gasteiger partial charge is 0.0440 e. The second-order valence-corrected chi connectivity index (χ2v) is 4.35. The molecule has 4 heteroatoms. The fourth-order valence-electron chi connectivity index (χ4n) is 2.10. The molecule has 0 amide bonds. The summed E-state index contributed by atoms with van der Waals surface area (Å²) in [6.45, 7) is 3.14. The van der Waals surface area contributed by atoms with Gasteiger partial charge in [-0.1, -0.05) is 0 Å². The average molecular weight is 206 g/mol. The van der Waals surface area contributed by atoms with Crippen molar-refractivity contribution in [1.29, 1.82) is 0 Å². The predicted molar refractivity (Wildman–Crippen MR) is 62.9 cm³/mol. The molecule has 0 radical (unpaired) electrons. The van der Waals surface area contributed by atoms with E-state index in [1.165, 1.54) is 17.0 Å². The van der Waals surface area contributed by atoms with Gasteiger partial charge in [0.15, 0.2) is 0 Å². The first-order valence-electron chi connectivity index (χ1n) is 5.37. The Morgan fingerprint density at radius 3 is 2.73 bits per heavy atom. The highest BCUT2D eigenvalue weighted by molar-refractivity contribution is 5.90. The number of nitrogens with zero attached hydrogens (tertiary/aromatic N) is 4. The van der Waals surface area contributed by atoms with Crippen LogP contribution in [0.4, 0.5) is 0 Å². The number of hydrogen-bond donors (Lipinski definition) is 0. The molecule has 2 aliphatic rings. The minimum atomic E-state index is 0.993. The fraction of sp³-hybridized carbons (Fsp3) is 0.636. The summed E-state index contributed by atoms with van der Waals surface area (Å²) in [6, 6.07) is 0. The van der Waals surface area contributed by atoms with Gasteiger partial charge in [-0.05, 0) is 12.5 Å². The maximum absolute atomic E-state index is 4.48. The molecule has 0 N–H and O–H groups in total. The van der Waals surface area contributed by atoms with Crippen molar-refractivity contribution in [2.24, 2.45) is 10.2 Å². The fourth-order valence-corrected chi connectivity index (χ4v) is 2.10. The van der Waals surface area contributed by atoms with E-state index in [9.17, 15) is 0 Å². The Morgan fingerprint density at radius 2 is 2.13 bits per heavy atom. The molecule has 0 aromatic heterocycles. The maximum atomic E-state index is 4.48. The molecular weight excluding hydrogens is 188 g/mol. The highest BCUT2D eigenvalue weighted by Gasteiger charge is 2.15. The van der Waals surface area contributed by atoms with Crippen LogP contribution in [0.25, 0.3) is 0 Å². The first kappa shape index (κ1) is 10.2. The third-order valence-electron chi connectivity index (χ3n) is 2.65. The van der Waals surface area contributed by atoms with E-state index in [1.807, 2.05) is 24.1 Å². The number of allylic oxidation sites excluding steroid dienone is 1. The zero-order valence-electron chi connectivity index (χ0n) is 9.69. The minimum Gasteiger partial charge on any atom is -0.300 e. The summed E-state index contributed by atoms with van der Waals surface area (Å²) in [5.74, 6) is 0. The molecule has 0 unspecified atom stereocenters. The van der Waals surface area contributed by atoms with E-state index in [2.05, 4.69) is 23.3 Å². The van der Waals surface area contributed by atoms with Crippen LogP contribution in [0.3, 0.4) is 0 Å². The van der Waals surface area contributed by atoms with E-state index in [-0.39, 0.29) is 0 Å². The van der Waals surface area contributed by atoms with Gasteiger partial charge in [0.25, 0.3) is 0 Å². The molecule has 2 heterocycles. The van der Waals surface area contributed by atoms with Gasteiger partial charge in [-0.2, -0.15) is 10.2 Å². The van der Waals surface area contributed by atoms with Gasteiger partial charge in [0.05, 0.1) is 0 Å². The minimum absolute atomic E-state index is 0.993. The van der Waals surface area contributed by atoms with Crippen LogP contribution in [-0.2, 0) is 0 Å². The summed E-state index contributed by atoms with van der Waals surface area (Å²) < 4.78 is 0. The average Bonchev–Trinajstić information content (AvgIpc) is 2.49. The van der Waals surface area contributed by atoms with Gasteiger partial charge in [0.2, 0.25) is 0 Å². The third-order valence-corrected chi connectivity index (χ3v) is 2.65. The van der Waals surface area contributed by atoms with Crippen molar-refractivity contribution >= 4 is 11.4 Å². The Morgan fingerprint density at radius 1 is 1.33 bits per heavy atom. The lowest BCUT2D eigenvalue weighted by molar-refractivity contribution is 0.393. The normalized spacial score (nSPS) is 21.4. The summed E-state index contributed by atoms with van der Waals surface area (Å²) in [5.41, 5.74) is 3.90. The third kappa shape index (κ3) is 2.58. The standard InChI is InChI=1S/C11H18N4/c1-9-6-10(8-15(3)12-9)7-11-4-5-14(2)13-11/h8H,4-7H2,1-3H3. The zero-order valence-corrected chi connectivity index (χ0v) is 9.69. The van der Waals surface area contributed by atoms with Crippen LogP contribution >= 0.6 is 0 Å². The van der Waals surface area contributed by atoms with Crippen molar-refractivity contribution in [2.45, 2.75) is 26.2 Å². The highest BCUT2D eigenvalue weighted by Crippen LogP contribution is 2.18. The second-order valence-electron chi connectivity index (χ2n) is 4.35. The van der Waals surface area contributed by atoms with Crippen molar-refractivity contribution < 1.29 is 0 Å². The SMILES string of the molecule is CC1=NN(C)C=C(CC2=NN(C)CC2)C1. The zero-order chi connectivity index (χ0) is 10.8. The topological polar surface area (TPSA) is 31.2 Å². The molecule has 0 spiro atoms. The molecule has 82 valence electrons. The lowest BCUT2D eigenvalue weighted by Gasteiger charge is -2.18. The van der Waals surface area contributed by atoms with Crippen LogP contribution in [0, 0.1) is 0 Å². The van der Waals surface area contributed by atoms with E-state index in [1.54, 1.807) is 0 Å². The van der Waals surface area contributed by atoms with Gasteiger partial charge in [-0.15, -0.1) is 0 Å². The van der Waals surface area contributed by atoms with Crippen molar-refractivity contribution in [2.75, 3.05) is 20.6 Å². The molecule has 0 fully saturated rings. The molecule has 2 aliphatic heterocycles. The largest absolute Gasteiger partial charge is 0.300 e. The Balaban J connectivity index is 1.98. The summed E-state index contributed by atoms with van der Waals surface area (Å²) in [7, 11) is 4.01. The first-order valence-corrected chi connectivity index (χ1v) is 5.37. The molecular formula is C11H18N4. The number of hydrogen-bond acceptors (Lipinski definition) is 4. The molecule has 4 nitrogen and oxygen atoms in total. The molecule has 0 aliphatic carbocycles. The Hall–Kier alpha value is -1.32.